The lowest BCUT2D eigenvalue weighted by Crippen LogP contribution is -1.84. The zero-order valence-electron chi connectivity index (χ0n) is 9.58. The Kier molecular flexibility index (Phi) is 4.09. The molecule has 2 heterocycles. The second-order valence-electron chi connectivity index (χ2n) is 3.49. The topological polar surface area (TPSA) is 71.5 Å². The number of aryl methyl sites for hydroxylation is 1. The molecule has 0 radical (unpaired) electrons. The first-order valence-corrected chi connectivity index (χ1v) is 5.39. The van der Waals surface area contributed by atoms with E-state index >= 15 is 0 Å². The van der Waals surface area contributed by atoms with Crippen molar-refractivity contribution in [2.75, 3.05) is 0 Å². The molecule has 0 amide bonds. The average Bonchev–Trinajstić information content (AvgIpc) is 2.84. The highest BCUT2D eigenvalue weighted by Crippen LogP contribution is 2.00. The van der Waals surface area contributed by atoms with Crippen LogP contribution in [0.4, 0.5) is 0 Å². The van der Waals surface area contributed by atoms with Crippen molar-refractivity contribution in [1.29, 1.82) is 0 Å². The van der Waals surface area contributed by atoms with E-state index in [-0.39, 0.29) is 0 Å². The minimum absolute atomic E-state index is 0.316. The lowest BCUT2D eigenvalue weighted by Gasteiger charge is -1.93. The van der Waals surface area contributed by atoms with Gasteiger partial charge in [-0.15, -0.1) is 0 Å². The third kappa shape index (κ3) is 3.46. The summed E-state index contributed by atoms with van der Waals surface area (Å²) in [7, 11) is 0. The highest BCUT2D eigenvalue weighted by atomic mass is 16.4. The highest BCUT2D eigenvalue weighted by molar-refractivity contribution is 5.75. The van der Waals surface area contributed by atoms with Crippen LogP contribution in [0.1, 0.15) is 23.6 Å². The van der Waals surface area contributed by atoms with Crippen LogP contribution in [0.3, 0.4) is 0 Å². The van der Waals surface area contributed by atoms with Gasteiger partial charge in [-0.1, -0.05) is 17.1 Å². The van der Waals surface area contributed by atoms with Gasteiger partial charge in [0.25, 0.3) is 5.89 Å². The van der Waals surface area contributed by atoms with Gasteiger partial charge in [0.15, 0.2) is 0 Å². The van der Waals surface area contributed by atoms with Crippen molar-refractivity contribution in [3.05, 3.63) is 47.9 Å². The fraction of sp³-hybridized carbons (Fsp3) is 0.154. The lowest BCUT2D eigenvalue weighted by atomic mass is 10.2. The van der Waals surface area contributed by atoms with E-state index in [0.717, 1.165) is 12.0 Å². The molecule has 0 aliphatic heterocycles. The molecule has 2 aromatic rings. The largest absolute Gasteiger partial charge is 0.438 e. The van der Waals surface area contributed by atoms with Crippen molar-refractivity contribution in [2.24, 2.45) is 5.16 Å². The maximum absolute atomic E-state index is 8.31. The predicted molar refractivity (Wildman–Crippen MR) is 65.3 cm³/mol. The van der Waals surface area contributed by atoms with Crippen LogP contribution in [0.2, 0.25) is 0 Å². The van der Waals surface area contributed by atoms with Crippen LogP contribution in [-0.2, 0) is 6.42 Å². The fourth-order valence-electron chi connectivity index (χ4n) is 1.35. The van der Waals surface area contributed by atoms with Gasteiger partial charge in [0.05, 0.1) is 6.21 Å². The Balaban J connectivity index is 1.88. The van der Waals surface area contributed by atoms with Gasteiger partial charge < -0.3 is 9.62 Å². The van der Waals surface area contributed by atoms with Crippen LogP contribution in [-0.4, -0.2) is 21.4 Å². The minimum Gasteiger partial charge on any atom is -0.438 e. The van der Waals surface area contributed by atoms with Crippen molar-refractivity contribution in [1.82, 2.24) is 9.97 Å². The summed E-state index contributed by atoms with van der Waals surface area (Å²) in [5.74, 6) is 6.08. The Morgan fingerprint density at radius 1 is 1.50 bits per heavy atom. The SMILES string of the molecule is ON=Cc1coc(C#CCCc2cccnc2)n1. The normalized spacial score (nSPS) is 10.2. The van der Waals surface area contributed by atoms with Crippen LogP contribution >= 0.6 is 0 Å². The van der Waals surface area contributed by atoms with E-state index < -0.39 is 0 Å². The maximum Gasteiger partial charge on any atom is 0.273 e. The van der Waals surface area contributed by atoms with E-state index in [2.05, 4.69) is 27.0 Å². The van der Waals surface area contributed by atoms with E-state index in [1.165, 1.54) is 12.5 Å². The molecule has 5 heteroatoms. The fourth-order valence-corrected chi connectivity index (χ4v) is 1.35. The van der Waals surface area contributed by atoms with Gasteiger partial charge in [-0.05, 0) is 24.0 Å². The van der Waals surface area contributed by atoms with Crippen molar-refractivity contribution < 1.29 is 9.62 Å². The molecule has 0 unspecified atom stereocenters. The quantitative estimate of drug-likeness (QED) is 0.385. The van der Waals surface area contributed by atoms with Crippen LogP contribution in [0.25, 0.3) is 0 Å². The molecule has 0 saturated carbocycles. The van der Waals surface area contributed by atoms with Gasteiger partial charge in [0.2, 0.25) is 0 Å². The minimum atomic E-state index is 0.316. The first-order valence-electron chi connectivity index (χ1n) is 5.39. The van der Waals surface area contributed by atoms with Crippen molar-refractivity contribution in [3.63, 3.8) is 0 Å². The van der Waals surface area contributed by atoms with Crippen LogP contribution < -0.4 is 0 Å². The number of aromatic nitrogens is 2. The summed E-state index contributed by atoms with van der Waals surface area (Å²) in [6.07, 6.45) is 7.67. The van der Waals surface area contributed by atoms with Gasteiger partial charge in [-0.3, -0.25) is 4.98 Å². The summed E-state index contributed by atoms with van der Waals surface area (Å²) in [6.45, 7) is 0. The summed E-state index contributed by atoms with van der Waals surface area (Å²) >= 11 is 0. The van der Waals surface area contributed by atoms with Gasteiger partial charge in [0, 0.05) is 18.8 Å². The van der Waals surface area contributed by atoms with Crippen LogP contribution in [0, 0.1) is 11.8 Å². The lowest BCUT2D eigenvalue weighted by molar-refractivity contribution is 0.321. The van der Waals surface area contributed by atoms with E-state index in [4.69, 9.17) is 9.62 Å². The van der Waals surface area contributed by atoms with E-state index in [0.29, 0.717) is 18.0 Å². The second-order valence-corrected chi connectivity index (χ2v) is 3.49. The maximum atomic E-state index is 8.31. The Morgan fingerprint density at radius 3 is 3.22 bits per heavy atom. The van der Waals surface area contributed by atoms with Gasteiger partial charge in [0.1, 0.15) is 12.0 Å². The number of rotatable bonds is 3. The van der Waals surface area contributed by atoms with E-state index in [1.54, 1.807) is 6.20 Å². The van der Waals surface area contributed by atoms with Crippen molar-refractivity contribution in [2.45, 2.75) is 12.8 Å². The average molecular weight is 241 g/mol. The molecule has 1 N–H and O–H groups in total. The Bertz CT molecular complexity index is 579. The zero-order valence-corrected chi connectivity index (χ0v) is 9.58. The van der Waals surface area contributed by atoms with Crippen molar-refractivity contribution in [3.8, 4) is 11.8 Å². The number of oxime groups is 1. The second kappa shape index (κ2) is 6.21. The zero-order chi connectivity index (χ0) is 12.6. The van der Waals surface area contributed by atoms with Crippen LogP contribution in [0.5, 0.6) is 0 Å². The molecule has 0 spiro atoms. The summed E-state index contributed by atoms with van der Waals surface area (Å²) in [4.78, 5) is 8.01. The highest BCUT2D eigenvalue weighted by Gasteiger charge is 1.97. The number of oxazole rings is 1. The van der Waals surface area contributed by atoms with Gasteiger partial charge in [-0.2, -0.15) is 0 Å². The van der Waals surface area contributed by atoms with Gasteiger partial charge >= 0.3 is 0 Å². The molecule has 0 aromatic carbocycles. The Hall–Kier alpha value is -2.61. The van der Waals surface area contributed by atoms with Crippen molar-refractivity contribution >= 4 is 6.21 Å². The van der Waals surface area contributed by atoms with Crippen LogP contribution in [0.15, 0.2) is 40.4 Å². The number of nitrogens with zero attached hydrogens (tertiary/aromatic N) is 3. The molecular formula is C13H11N3O2. The number of hydrogen-bond acceptors (Lipinski definition) is 5. The molecule has 18 heavy (non-hydrogen) atoms. The Labute approximate surface area is 104 Å². The molecule has 0 saturated heterocycles. The predicted octanol–water partition coefficient (Wildman–Crippen LogP) is 1.86. The Morgan fingerprint density at radius 2 is 2.44 bits per heavy atom. The molecule has 5 nitrogen and oxygen atoms in total. The number of pyridine rings is 1. The third-order valence-electron chi connectivity index (χ3n) is 2.17. The number of hydrogen-bond donors (Lipinski definition) is 1. The van der Waals surface area contributed by atoms with E-state index in [9.17, 15) is 0 Å². The molecule has 2 aromatic heterocycles. The molecule has 0 bridgehead atoms. The first-order chi connectivity index (χ1) is 8.88. The third-order valence-corrected chi connectivity index (χ3v) is 2.17. The monoisotopic (exact) mass is 241 g/mol. The smallest absolute Gasteiger partial charge is 0.273 e. The summed E-state index contributed by atoms with van der Waals surface area (Å²) in [5, 5.41) is 11.2. The first kappa shape index (κ1) is 11.9. The standard InChI is InChI=1S/C13H11N3O2/c17-15-9-12-10-18-13(16-12)6-2-1-4-11-5-3-7-14-8-11/h3,5,7-10,17H,1,4H2. The molecular weight excluding hydrogens is 230 g/mol. The molecule has 0 aliphatic carbocycles. The summed E-state index contributed by atoms with van der Waals surface area (Å²) in [5.41, 5.74) is 1.58. The molecule has 2 rings (SSSR count). The van der Waals surface area contributed by atoms with Gasteiger partial charge in [-0.25, -0.2) is 4.98 Å². The molecule has 0 fully saturated rings. The molecule has 0 aliphatic rings. The summed E-state index contributed by atoms with van der Waals surface area (Å²) in [6, 6.07) is 3.91. The molecule has 0 atom stereocenters. The van der Waals surface area contributed by atoms with E-state index in [1.807, 2.05) is 18.3 Å². The summed E-state index contributed by atoms with van der Waals surface area (Å²) < 4.78 is 5.07. The molecule has 90 valence electrons.